The maximum Gasteiger partial charge on any atom is 0.0828 e. The standard InChI is InChI=1S/C12H19N5/c1-3-11-5-12(17(4-2)15-11)9-16-8-10(6-13)7-14-16/h5,7-8H,3-4,6,9,13H2,1-2H3. The molecule has 0 saturated carbocycles. The number of aryl methyl sites for hydroxylation is 2. The summed E-state index contributed by atoms with van der Waals surface area (Å²) in [5, 5.41) is 8.81. The SMILES string of the molecule is CCc1cc(Cn2cc(CN)cn2)n(CC)n1. The highest BCUT2D eigenvalue weighted by Gasteiger charge is 2.07. The van der Waals surface area contributed by atoms with Crippen molar-refractivity contribution in [1.29, 1.82) is 0 Å². The maximum absolute atomic E-state index is 5.57. The molecule has 2 heterocycles. The molecule has 0 unspecified atom stereocenters. The second-order valence-corrected chi connectivity index (χ2v) is 4.05. The van der Waals surface area contributed by atoms with Crippen molar-refractivity contribution in [3.8, 4) is 0 Å². The van der Waals surface area contributed by atoms with E-state index in [1.807, 2.05) is 21.8 Å². The van der Waals surface area contributed by atoms with Gasteiger partial charge in [0.2, 0.25) is 0 Å². The molecule has 5 nitrogen and oxygen atoms in total. The van der Waals surface area contributed by atoms with E-state index in [1.54, 1.807) is 0 Å². The van der Waals surface area contributed by atoms with Crippen LogP contribution in [-0.4, -0.2) is 19.6 Å². The molecule has 0 atom stereocenters. The molecule has 2 aromatic heterocycles. The van der Waals surface area contributed by atoms with E-state index >= 15 is 0 Å². The van der Waals surface area contributed by atoms with E-state index in [2.05, 4.69) is 30.1 Å². The van der Waals surface area contributed by atoms with Gasteiger partial charge in [-0.05, 0) is 19.4 Å². The number of hydrogen-bond donors (Lipinski definition) is 1. The van der Waals surface area contributed by atoms with Gasteiger partial charge in [-0.15, -0.1) is 0 Å². The van der Waals surface area contributed by atoms with Crippen molar-refractivity contribution in [2.75, 3.05) is 0 Å². The van der Waals surface area contributed by atoms with Crippen molar-refractivity contribution in [3.05, 3.63) is 35.4 Å². The fourth-order valence-electron chi connectivity index (χ4n) is 1.85. The predicted octanol–water partition coefficient (Wildman–Crippen LogP) is 1.17. The Morgan fingerprint density at radius 2 is 2.18 bits per heavy atom. The van der Waals surface area contributed by atoms with Gasteiger partial charge < -0.3 is 5.73 Å². The van der Waals surface area contributed by atoms with E-state index in [9.17, 15) is 0 Å². The van der Waals surface area contributed by atoms with E-state index < -0.39 is 0 Å². The van der Waals surface area contributed by atoms with Crippen LogP contribution in [0, 0.1) is 0 Å². The molecule has 2 rings (SSSR count). The van der Waals surface area contributed by atoms with E-state index in [1.165, 1.54) is 5.69 Å². The summed E-state index contributed by atoms with van der Waals surface area (Å²) in [5.74, 6) is 0. The summed E-state index contributed by atoms with van der Waals surface area (Å²) in [6.45, 7) is 6.39. The quantitative estimate of drug-likeness (QED) is 0.843. The third-order valence-electron chi connectivity index (χ3n) is 2.82. The lowest BCUT2D eigenvalue weighted by molar-refractivity contribution is 0.573. The third-order valence-corrected chi connectivity index (χ3v) is 2.82. The van der Waals surface area contributed by atoms with Crippen LogP contribution in [0.15, 0.2) is 18.5 Å². The molecule has 0 fully saturated rings. The molecule has 0 aromatic carbocycles. The maximum atomic E-state index is 5.57. The molecule has 2 N–H and O–H groups in total. The summed E-state index contributed by atoms with van der Waals surface area (Å²) in [5.41, 5.74) is 8.95. The summed E-state index contributed by atoms with van der Waals surface area (Å²) in [6.07, 6.45) is 4.76. The van der Waals surface area contributed by atoms with Gasteiger partial charge in [0.15, 0.2) is 0 Å². The molecule has 0 amide bonds. The van der Waals surface area contributed by atoms with Crippen LogP contribution in [0.1, 0.15) is 30.8 Å². The Morgan fingerprint density at radius 1 is 1.35 bits per heavy atom. The molecule has 2 aromatic rings. The van der Waals surface area contributed by atoms with Gasteiger partial charge in [-0.1, -0.05) is 6.92 Å². The van der Waals surface area contributed by atoms with Crippen LogP contribution in [0.4, 0.5) is 0 Å². The van der Waals surface area contributed by atoms with Crippen LogP contribution in [-0.2, 0) is 26.1 Å². The highest BCUT2D eigenvalue weighted by molar-refractivity contribution is 5.12. The van der Waals surface area contributed by atoms with Crippen molar-refractivity contribution in [3.63, 3.8) is 0 Å². The minimum absolute atomic E-state index is 0.535. The minimum Gasteiger partial charge on any atom is -0.326 e. The Bertz CT molecular complexity index is 483. The molecule has 17 heavy (non-hydrogen) atoms. The molecule has 0 saturated heterocycles. The Labute approximate surface area is 101 Å². The predicted molar refractivity (Wildman–Crippen MR) is 66.5 cm³/mol. The number of nitrogens with two attached hydrogens (primary N) is 1. The molecule has 0 spiro atoms. The zero-order valence-electron chi connectivity index (χ0n) is 10.4. The average molecular weight is 233 g/mol. The topological polar surface area (TPSA) is 61.7 Å². The van der Waals surface area contributed by atoms with Gasteiger partial charge >= 0.3 is 0 Å². The van der Waals surface area contributed by atoms with Crippen LogP contribution in [0.25, 0.3) is 0 Å². The first kappa shape index (κ1) is 11.9. The third kappa shape index (κ3) is 2.55. The summed E-state index contributed by atoms with van der Waals surface area (Å²) in [4.78, 5) is 0. The molecular formula is C12H19N5. The highest BCUT2D eigenvalue weighted by Crippen LogP contribution is 2.08. The number of rotatable bonds is 5. The van der Waals surface area contributed by atoms with Crippen molar-refractivity contribution in [1.82, 2.24) is 19.6 Å². The van der Waals surface area contributed by atoms with Crippen molar-refractivity contribution >= 4 is 0 Å². The monoisotopic (exact) mass is 233 g/mol. The van der Waals surface area contributed by atoms with Gasteiger partial charge in [0.1, 0.15) is 0 Å². The van der Waals surface area contributed by atoms with Gasteiger partial charge in [0, 0.05) is 24.8 Å². The minimum atomic E-state index is 0.535. The summed E-state index contributed by atoms with van der Waals surface area (Å²) in [7, 11) is 0. The van der Waals surface area contributed by atoms with Crippen molar-refractivity contribution in [2.24, 2.45) is 5.73 Å². The van der Waals surface area contributed by atoms with Crippen molar-refractivity contribution < 1.29 is 0 Å². The van der Waals surface area contributed by atoms with Crippen LogP contribution in [0.3, 0.4) is 0 Å². The molecule has 5 heteroatoms. The molecule has 0 radical (unpaired) electrons. The second kappa shape index (κ2) is 5.14. The Kier molecular flexibility index (Phi) is 3.58. The van der Waals surface area contributed by atoms with Gasteiger partial charge in [-0.2, -0.15) is 10.2 Å². The lowest BCUT2D eigenvalue weighted by Crippen LogP contribution is -2.08. The molecule has 92 valence electrons. The smallest absolute Gasteiger partial charge is 0.0828 e. The number of hydrogen-bond acceptors (Lipinski definition) is 3. The zero-order valence-corrected chi connectivity index (χ0v) is 10.4. The van der Waals surface area contributed by atoms with E-state index in [-0.39, 0.29) is 0 Å². The second-order valence-electron chi connectivity index (χ2n) is 4.05. The Morgan fingerprint density at radius 3 is 2.76 bits per heavy atom. The van der Waals surface area contributed by atoms with Crippen LogP contribution in [0.2, 0.25) is 0 Å². The van der Waals surface area contributed by atoms with Crippen LogP contribution in [0.5, 0.6) is 0 Å². The Balaban J connectivity index is 2.19. The summed E-state index contributed by atoms with van der Waals surface area (Å²) >= 11 is 0. The fraction of sp³-hybridized carbons (Fsp3) is 0.500. The first-order chi connectivity index (χ1) is 8.26. The number of aromatic nitrogens is 4. The normalized spacial score (nSPS) is 11.0. The highest BCUT2D eigenvalue weighted by atomic mass is 15.3. The van der Waals surface area contributed by atoms with Gasteiger partial charge in [-0.3, -0.25) is 9.36 Å². The molecule has 0 bridgehead atoms. The molecule has 0 aliphatic carbocycles. The fourth-order valence-corrected chi connectivity index (χ4v) is 1.85. The first-order valence-corrected chi connectivity index (χ1v) is 6.03. The van der Waals surface area contributed by atoms with E-state index in [0.29, 0.717) is 6.54 Å². The van der Waals surface area contributed by atoms with E-state index in [4.69, 9.17) is 5.73 Å². The largest absolute Gasteiger partial charge is 0.326 e. The first-order valence-electron chi connectivity index (χ1n) is 6.03. The van der Waals surface area contributed by atoms with Gasteiger partial charge in [-0.25, -0.2) is 0 Å². The molecule has 0 aliphatic rings. The Hall–Kier alpha value is -1.62. The van der Waals surface area contributed by atoms with Gasteiger partial charge in [0.05, 0.1) is 24.1 Å². The zero-order chi connectivity index (χ0) is 12.3. The van der Waals surface area contributed by atoms with Crippen molar-refractivity contribution in [2.45, 2.75) is 39.9 Å². The van der Waals surface area contributed by atoms with E-state index in [0.717, 1.165) is 30.8 Å². The lowest BCUT2D eigenvalue weighted by atomic mass is 10.3. The number of nitrogens with zero attached hydrogens (tertiary/aromatic N) is 4. The molecular weight excluding hydrogens is 214 g/mol. The van der Waals surface area contributed by atoms with Gasteiger partial charge in [0.25, 0.3) is 0 Å². The summed E-state index contributed by atoms with van der Waals surface area (Å²) in [6, 6.07) is 2.15. The van der Waals surface area contributed by atoms with Crippen LogP contribution >= 0.6 is 0 Å². The lowest BCUT2D eigenvalue weighted by Gasteiger charge is -2.04. The summed E-state index contributed by atoms with van der Waals surface area (Å²) < 4.78 is 3.94. The average Bonchev–Trinajstić information content (AvgIpc) is 2.95. The molecule has 0 aliphatic heterocycles. The van der Waals surface area contributed by atoms with Crippen LogP contribution < -0.4 is 5.73 Å².